The van der Waals surface area contributed by atoms with Gasteiger partial charge in [0.1, 0.15) is 9.84 Å². The molecule has 0 spiro atoms. The summed E-state index contributed by atoms with van der Waals surface area (Å²) in [7, 11) is 1.27. The van der Waals surface area contributed by atoms with Gasteiger partial charge in [-0.25, -0.2) is 8.42 Å². The summed E-state index contributed by atoms with van der Waals surface area (Å²) in [5.74, 6) is 0.296. The summed E-state index contributed by atoms with van der Waals surface area (Å²) >= 11 is 0. The first-order chi connectivity index (χ1) is 7.35. The summed E-state index contributed by atoms with van der Waals surface area (Å²) in [6.07, 6.45) is 4.07. The maximum Gasteiger partial charge on any atom is 0.147 e. The fraction of sp³-hybridized carbons (Fsp3) is 1.00. The van der Waals surface area contributed by atoms with Gasteiger partial charge in [-0.15, -0.1) is 0 Å². The maximum atomic E-state index is 11.0. The molecule has 0 aromatic heterocycles. The molecule has 0 radical (unpaired) electrons. The molecule has 0 heterocycles. The van der Waals surface area contributed by atoms with Crippen molar-refractivity contribution in [1.82, 2.24) is 10.2 Å². The van der Waals surface area contributed by atoms with E-state index in [0.29, 0.717) is 11.8 Å². The second-order valence-corrected chi connectivity index (χ2v) is 6.95. The zero-order valence-corrected chi connectivity index (χ0v) is 11.8. The number of nitrogens with zero attached hydrogens (tertiary/aromatic N) is 1. The first-order valence-electron chi connectivity index (χ1n) is 5.91. The predicted molar refractivity (Wildman–Crippen MR) is 69.6 cm³/mol. The molecule has 0 bridgehead atoms. The van der Waals surface area contributed by atoms with Crippen molar-refractivity contribution in [2.24, 2.45) is 0 Å². The van der Waals surface area contributed by atoms with Crippen LogP contribution in [-0.2, 0) is 9.84 Å². The van der Waals surface area contributed by atoms with Crippen molar-refractivity contribution in [3.8, 4) is 0 Å². The topological polar surface area (TPSA) is 49.4 Å². The zero-order valence-electron chi connectivity index (χ0n) is 11.0. The molecular weight excluding hydrogens is 224 g/mol. The van der Waals surface area contributed by atoms with E-state index in [1.165, 1.54) is 6.26 Å². The molecule has 0 saturated heterocycles. The fourth-order valence-corrected chi connectivity index (χ4v) is 2.33. The van der Waals surface area contributed by atoms with Crippen molar-refractivity contribution in [2.45, 2.75) is 32.2 Å². The lowest BCUT2D eigenvalue weighted by molar-refractivity contribution is 0.325. The lowest BCUT2D eigenvalue weighted by Gasteiger charge is -2.22. The largest absolute Gasteiger partial charge is 0.313 e. The number of rotatable bonds is 9. The minimum absolute atomic E-state index is 0.296. The van der Waals surface area contributed by atoms with Crippen LogP contribution in [0.4, 0.5) is 0 Å². The van der Waals surface area contributed by atoms with Crippen LogP contribution >= 0.6 is 0 Å². The molecule has 0 rings (SSSR count). The second kappa shape index (κ2) is 8.03. The Morgan fingerprint density at radius 1 is 1.31 bits per heavy atom. The van der Waals surface area contributed by atoms with E-state index in [2.05, 4.69) is 17.1 Å². The smallest absolute Gasteiger partial charge is 0.147 e. The van der Waals surface area contributed by atoms with Crippen molar-refractivity contribution in [2.75, 3.05) is 39.2 Å². The Bertz CT molecular complexity index is 263. The zero-order chi connectivity index (χ0) is 12.6. The molecule has 1 atom stereocenters. The SMILES string of the molecule is CCCNC(CCCS(C)(=O)=O)CN(C)C. The summed E-state index contributed by atoms with van der Waals surface area (Å²) in [4.78, 5) is 2.13. The third-order valence-corrected chi connectivity index (χ3v) is 3.37. The van der Waals surface area contributed by atoms with E-state index in [4.69, 9.17) is 0 Å². The fourth-order valence-electron chi connectivity index (χ4n) is 1.64. The average Bonchev–Trinajstić information content (AvgIpc) is 2.11. The lowest BCUT2D eigenvalue weighted by Crippen LogP contribution is -2.38. The highest BCUT2D eigenvalue weighted by atomic mass is 32.2. The van der Waals surface area contributed by atoms with Gasteiger partial charge in [-0.1, -0.05) is 6.92 Å². The third-order valence-electron chi connectivity index (χ3n) is 2.34. The highest BCUT2D eigenvalue weighted by Gasteiger charge is 2.10. The minimum Gasteiger partial charge on any atom is -0.313 e. The standard InChI is InChI=1S/C11H26N2O2S/c1-5-8-12-11(10-13(2)3)7-6-9-16(4,14)15/h11-12H,5-10H2,1-4H3. The Kier molecular flexibility index (Phi) is 7.97. The van der Waals surface area contributed by atoms with Gasteiger partial charge >= 0.3 is 0 Å². The Labute approximate surface area is 100 Å². The molecule has 16 heavy (non-hydrogen) atoms. The average molecular weight is 250 g/mol. The van der Waals surface area contributed by atoms with E-state index < -0.39 is 9.84 Å². The second-order valence-electron chi connectivity index (χ2n) is 4.69. The van der Waals surface area contributed by atoms with Crippen LogP contribution in [0, 0.1) is 0 Å². The van der Waals surface area contributed by atoms with Crippen LogP contribution in [0.1, 0.15) is 26.2 Å². The van der Waals surface area contributed by atoms with Crippen LogP contribution in [0.3, 0.4) is 0 Å². The molecule has 0 aromatic rings. The van der Waals surface area contributed by atoms with Gasteiger partial charge < -0.3 is 10.2 Å². The lowest BCUT2D eigenvalue weighted by atomic mass is 10.1. The van der Waals surface area contributed by atoms with Gasteiger partial charge in [0.25, 0.3) is 0 Å². The number of nitrogens with one attached hydrogen (secondary N) is 1. The van der Waals surface area contributed by atoms with E-state index in [1.807, 2.05) is 14.1 Å². The number of likely N-dealkylation sites (N-methyl/N-ethyl adjacent to an activating group) is 1. The molecule has 0 aliphatic rings. The van der Waals surface area contributed by atoms with E-state index in [-0.39, 0.29) is 0 Å². The van der Waals surface area contributed by atoms with Crippen molar-refractivity contribution in [1.29, 1.82) is 0 Å². The first kappa shape index (κ1) is 15.9. The van der Waals surface area contributed by atoms with Gasteiger partial charge in [0.2, 0.25) is 0 Å². The van der Waals surface area contributed by atoms with Crippen molar-refractivity contribution < 1.29 is 8.42 Å². The molecule has 0 aromatic carbocycles. The third kappa shape index (κ3) is 10.4. The quantitative estimate of drug-likeness (QED) is 0.656. The van der Waals surface area contributed by atoms with E-state index in [0.717, 1.165) is 32.4 Å². The first-order valence-corrected chi connectivity index (χ1v) is 7.97. The summed E-state index contributed by atoms with van der Waals surface area (Å²) in [5.41, 5.74) is 0. The van der Waals surface area contributed by atoms with Crippen molar-refractivity contribution in [3.63, 3.8) is 0 Å². The predicted octanol–water partition coefficient (Wildman–Crippen LogP) is 0.741. The summed E-state index contributed by atoms with van der Waals surface area (Å²) in [6.45, 7) is 4.09. The molecule has 1 N–H and O–H groups in total. The van der Waals surface area contributed by atoms with Gasteiger partial charge in [0.15, 0.2) is 0 Å². The Morgan fingerprint density at radius 2 is 1.94 bits per heavy atom. The number of hydrogen-bond acceptors (Lipinski definition) is 4. The summed E-state index contributed by atoms with van der Waals surface area (Å²) in [5, 5.41) is 3.45. The van der Waals surface area contributed by atoms with Gasteiger partial charge in [-0.05, 0) is 39.9 Å². The molecule has 1 unspecified atom stereocenters. The van der Waals surface area contributed by atoms with Gasteiger partial charge in [-0.3, -0.25) is 0 Å². The molecule has 5 heteroatoms. The monoisotopic (exact) mass is 250 g/mol. The Hall–Kier alpha value is -0.130. The maximum absolute atomic E-state index is 11.0. The van der Waals surface area contributed by atoms with Crippen LogP contribution < -0.4 is 5.32 Å². The molecule has 0 aliphatic carbocycles. The van der Waals surface area contributed by atoms with Crippen LogP contribution in [0.15, 0.2) is 0 Å². The normalized spacial score (nSPS) is 14.3. The number of sulfone groups is 1. The number of hydrogen-bond donors (Lipinski definition) is 1. The van der Waals surface area contributed by atoms with Crippen molar-refractivity contribution in [3.05, 3.63) is 0 Å². The van der Waals surface area contributed by atoms with Crippen LogP contribution in [0.5, 0.6) is 0 Å². The van der Waals surface area contributed by atoms with Gasteiger partial charge in [0.05, 0.1) is 0 Å². The van der Waals surface area contributed by atoms with Crippen LogP contribution in [0.25, 0.3) is 0 Å². The molecule has 0 fully saturated rings. The Balaban J connectivity index is 3.91. The Morgan fingerprint density at radius 3 is 2.38 bits per heavy atom. The highest BCUT2D eigenvalue weighted by molar-refractivity contribution is 7.90. The van der Waals surface area contributed by atoms with Gasteiger partial charge in [-0.2, -0.15) is 0 Å². The summed E-state index contributed by atoms with van der Waals surface area (Å²) < 4.78 is 22.0. The molecule has 4 nitrogen and oxygen atoms in total. The molecule has 0 saturated carbocycles. The van der Waals surface area contributed by atoms with E-state index in [1.54, 1.807) is 0 Å². The molecule has 0 amide bonds. The van der Waals surface area contributed by atoms with Gasteiger partial charge in [0, 0.05) is 24.6 Å². The summed E-state index contributed by atoms with van der Waals surface area (Å²) in [6, 6.07) is 0.400. The van der Waals surface area contributed by atoms with Crippen LogP contribution in [-0.4, -0.2) is 58.6 Å². The molecule has 98 valence electrons. The minimum atomic E-state index is -2.81. The van der Waals surface area contributed by atoms with Crippen molar-refractivity contribution >= 4 is 9.84 Å². The van der Waals surface area contributed by atoms with Crippen LogP contribution in [0.2, 0.25) is 0 Å². The highest BCUT2D eigenvalue weighted by Crippen LogP contribution is 2.01. The van der Waals surface area contributed by atoms with E-state index in [9.17, 15) is 8.42 Å². The molecular formula is C11H26N2O2S. The molecule has 0 aliphatic heterocycles. The van der Waals surface area contributed by atoms with E-state index >= 15 is 0 Å².